The molecule has 0 radical (unpaired) electrons. The number of nitrogens with zero attached hydrogens (tertiary/aromatic N) is 1. The van der Waals surface area contributed by atoms with Crippen molar-refractivity contribution >= 4 is 5.91 Å². The fourth-order valence-electron chi connectivity index (χ4n) is 1.82. The first kappa shape index (κ1) is 16.0. The predicted octanol–water partition coefficient (Wildman–Crippen LogP) is 2.64. The SMILES string of the molecule is CC(N)c1nc(C(=O)NCc2ccccc2C(F)(F)F)co1. The normalized spacial score (nSPS) is 13.0. The number of alkyl halides is 3. The summed E-state index contributed by atoms with van der Waals surface area (Å²) >= 11 is 0. The van der Waals surface area contributed by atoms with E-state index in [1.165, 1.54) is 18.2 Å². The van der Waals surface area contributed by atoms with Crippen LogP contribution in [0.5, 0.6) is 0 Å². The summed E-state index contributed by atoms with van der Waals surface area (Å²) < 4.78 is 43.5. The molecule has 0 fully saturated rings. The number of carbonyl (C=O) groups is 1. The van der Waals surface area contributed by atoms with Crippen LogP contribution < -0.4 is 11.1 Å². The molecule has 2 rings (SSSR count). The van der Waals surface area contributed by atoms with Crippen LogP contribution in [0.15, 0.2) is 34.9 Å². The molecule has 118 valence electrons. The smallest absolute Gasteiger partial charge is 0.416 e. The van der Waals surface area contributed by atoms with Crippen molar-refractivity contribution in [3.8, 4) is 0 Å². The van der Waals surface area contributed by atoms with Crippen molar-refractivity contribution in [3.05, 3.63) is 53.2 Å². The van der Waals surface area contributed by atoms with E-state index in [2.05, 4.69) is 10.3 Å². The molecule has 0 aliphatic rings. The summed E-state index contributed by atoms with van der Waals surface area (Å²) in [6, 6.07) is 4.56. The van der Waals surface area contributed by atoms with E-state index in [4.69, 9.17) is 10.2 Å². The largest absolute Gasteiger partial charge is 0.446 e. The molecule has 2 aromatic rings. The Morgan fingerprint density at radius 2 is 2.09 bits per heavy atom. The Balaban J connectivity index is 2.08. The van der Waals surface area contributed by atoms with Gasteiger partial charge in [0.05, 0.1) is 11.6 Å². The first-order valence-corrected chi connectivity index (χ1v) is 6.43. The lowest BCUT2D eigenvalue weighted by atomic mass is 10.1. The van der Waals surface area contributed by atoms with E-state index < -0.39 is 23.7 Å². The van der Waals surface area contributed by atoms with Gasteiger partial charge < -0.3 is 15.5 Å². The number of nitrogens with two attached hydrogens (primary N) is 1. The first-order valence-electron chi connectivity index (χ1n) is 6.43. The van der Waals surface area contributed by atoms with Crippen LogP contribution >= 0.6 is 0 Å². The monoisotopic (exact) mass is 313 g/mol. The molecule has 22 heavy (non-hydrogen) atoms. The molecular formula is C14H14F3N3O2. The predicted molar refractivity (Wildman–Crippen MR) is 71.7 cm³/mol. The minimum atomic E-state index is -4.47. The summed E-state index contributed by atoms with van der Waals surface area (Å²) in [5.41, 5.74) is 4.70. The first-order chi connectivity index (χ1) is 10.3. The number of benzene rings is 1. The van der Waals surface area contributed by atoms with Crippen molar-refractivity contribution in [1.82, 2.24) is 10.3 Å². The molecule has 1 amide bonds. The summed E-state index contributed by atoms with van der Waals surface area (Å²) in [5.74, 6) is -0.450. The maximum Gasteiger partial charge on any atom is 0.416 e. The number of hydrogen-bond donors (Lipinski definition) is 2. The zero-order chi connectivity index (χ0) is 16.3. The Morgan fingerprint density at radius 1 is 1.41 bits per heavy atom. The van der Waals surface area contributed by atoms with Gasteiger partial charge in [-0.1, -0.05) is 18.2 Å². The number of rotatable bonds is 4. The molecule has 1 aromatic carbocycles. The third-order valence-corrected chi connectivity index (χ3v) is 2.91. The Morgan fingerprint density at radius 3 is 2.68 bits per heavy atom. The molecule has 1 heterocycles. The van der Waals surface area contributed by atoms with E-state index in [0.717, 1.165) is 12.3 Å². The molecule has 0 saturated carbocycles. The third-order valence-electron chi connectivity index (χ3n) is 2.91. The van der Waals surface area contributed by atoms with E-state index in [-0.39, 0.29) is 23.7 Å². The van der Waals surface area contributed by atoms with Crippen molar-refractivity contribution in [2.75, 3.05) is 0 Å². The number of nitrogens with one attached hydrogen (secondary N) is 1. The fourth-order valence-corrected chi connectivity index (χ4v) is 1.82. The van der Waals surface area contributed by atoms with Gasteiger partial charge in [0.25, 0.3) is 5.91 Å². The van der Waals surface area contributed by atoms with Gasteiger partial charge in [0, 0.05) is 6.54 Å². The van der Waals surface area contributed by atoms with E-state index in [0.29, 0.717) is 0 Å². The second-order valence-corrected chi connectivity index (χ2v) is 4.70. The summed E-state index contributed by atoms with van der Waals surface area (Å²) in [4.78, 5) is 15.7. The van der Waals surface area contributed by atoms with E-state index in [9.17, 15) is 18.0 Å². The summed E-state index contributed by atoms with van der Waals surface area (Å²) in [6.07, 6.45) is -3.36. The van der Waals surface area contributed by atoms with E-state index >= 15 is 0 Å². The lowest BCUT2D eigenvalue weighted by molar-refractivity contribution is -0.138. The molecule has 0 aliphatic carbocycles. The Kier molecular flexibility index (Phi) is 4.51. The van der Waals surface area contributed by atoms with Crippen LogP contribution in [0, 0.1) is 0 Å². The molecule has 1 unspecified atom stereocenters. The molecular weight excluding hydrogens is 299 g/mol. The van der Waals surface area contributed by atoms with Gasteiger partial charge in [0.2, 0.25) is 5.89 Å². The zero-order valence-electron chi connectivity index (χ0n) is 11.6. The van der Waals surface area contributed by atoms with Crippen LogP contribution in [0.2, 0.25) is 0 Å². The highest BCUT2D eigenvalue weighted by Gasteiger charge is 2.32. The van der Waals surface area contributed by atoms with E-state index in [1.54, 1.807) is 6.92 Å². The average Bonchev–Trinajstić information content (AvgIpc) is 2.94. The number of hydrogen-bond acceptors (Lipinski definition) is 4. The van der Waals surface area contributed by atoms with Crippen molar-refractivity contribution in [1.29, 1.82) is 0 Å². The quantitative estimate of drug-likeness (QED) is 0.909. The van der Waals surface area contributed by atoms with E-state index in [1.807, 2.05) is 0 Å². The molecule has 0 spiro atoms. The minimum absolute atomic E-state index is 0.0285. The van der Waals surface area contributed by atoms with Crippen molar-refractivity contribution < 1.29 is 22.4 Å². The van der Waals surface area contributed by atoms with Crippen LogP contribution in [0.3, 0.4) is 0 Å². The van der Waals surface area contributed by atoms with Gasteiger partial charge in [0.15, 0.2) is 5.69 Å². The highest BCUT2D eigenvalue weighted by molar-refractivity contribution is 5.91. The summed E-state index contributed by atoms with van der Waals surface area (Å²) in [6.45, 7) is 1.36. The number of halogens is 3. The topological polar surface area (TPSA) is 81.1 Å². The lowest BCUT2D eigenvalue weighted by Crippen LogP contribution is -2.25. The van der Waals surface area contributed by atoms with Gasteiger partial charge in [0.1, 0.15) is 6.26 Å². The van der Waals surface area contributed by atoms with Crippen LogP contribution in [-0.4, -0.2) is 10.9 Å². The molecule has 1 aromatic heterocycles. The molecule has 0 aliphatic heterocycles. The van der Waals surface area contributed by atoms with Crippen LogP contribution in [0.4, 0.5) is 13.2 Å². The lowest BCUT2D eigenvalue weighted by Gasteiger charge is -2.12. The van der Waals surface area contributed by atoms with Crippen molar-refractivity contribution in [2.45, 2.75) is 25.7 Å². The van der Waals surface area contributed by atoms with Crippen LogP contribution in [0.25, 0.3) is 0 Å². The molecule has 5 nitrogen and oxygen atoms in total. The van der Waals surface area contributed by atoms with Gasteiger partial charge in [-0.3, -0.25) is 4.79 Å². The maximum absolute atomic E-state index is 12.8. The molecule has 1 atom stereocenters. The van der Waals surface area contributed by atoms with Gasteiger partial charge in [-0.2, -0.15) is 13.2 Å². The highest BCUT2D eigenvalue weighted by Crippen LogP contribution is 2.31. The third kappa shape index (κ3) is 3.64. The second kappa shape index (κ2) is 6.18. The summed E-state index contributed by atoms with van der Waals surface area (Å²) in [7, 11) is 0. The van der Waals surface area contributed by atoms with Crippen LogP contribution in [0.1, 0.15) is 40.5 Å². The Bertz CT molecular complexity index is 665. The summed E-state index contributed by atoms with van der Waals surface area (Å²) in [5, 5.41) is 2.38. The minimum Gasteiger partial charge on any atom is -0.446 e. The highest BCUT2D eigenvalue weighted by atomic mass is 19.4. The molecule has 3 N–H and O–H groups in total. The number of amides is 1. The molecule has 8 heteroatoms. The van der Waals surface area contributed by atoms with Gasteiger partial charge in [-0.25, -0.2) is 4.98 Å². The molecule has 0 saturated heterocycles. The van der Waals surface area contributed by atoms with Gasteiger partial charge in [-0.15, -0.1) is 0 Å². The van der Waals surface area contributed by atoms with Crippen molar-refractivity contribution in [3.63, 3.8) is 0 Å². The zero-order valence-corrected chi connectivity index (χ0v) is 11.6. The standard InChI is InChI=1S/C14H14F3N3O2/c1-8(18)13-20-11(7-22-13)12(21)19-6-9-4-2-3-5-10(9)14(15,16)17/h2-5,7-8H,6,18H2,1H3,(H,19,21). The Hall–Kier alpha value is -2.35. The number of aromatic nitrogens is 1. The Labute approximate surface area is 124 Å². The number of oxazole rings is 1. The van der Waals surface area contributed by atoms with Crippen molar-refractivity contribution in [2.24, 2.45) is 5.73 Å². The second-order valence-electron chi connectivity index (χ2n) is 4.70. The van der Waals surface area contributed by atoms with Gasteiger partial charge >= 0.3 is 6.18 Å². The molecule has 0 bridgehead atoms. The average molecular weight is 313 g/mol. The number of carbonyl (C=O) groups excluding carboxylic acids is 1. The van der Waals surface area contributed by atoms with Crippen LogP contribution in [-0.2, 0) is 12.7 Å². The maximum atomic E-state index is 12.8. The van der Waals surface area contributed by atoms with Gasteiger partial charge in [-0.05, 0) is 18.6 Å². The fraction of sp³-hybridized carbons (Fsp3) is 0.286.